The van der Waals surface area contributed by atoms with Crippen molar-refractivity contribution in [2.75, 3.05) is 6.54 Å². The Kier molecular flexibility index (Phi) is 4.53. The molecule has 7 nitrogen and oxygen atoms in total. The molecule has 0 radical (unpaired) electrons. The van der Waals surface area contributed by atoms with Crippen LogP contribution in [-0.2, 0) is 0 Å². The van der Waals surface area contributed by atoms with Gasteiger partial charge in [0.15, 0.2) is 0 Å². The van der Waals surface area contributed by atoms with Crippen molar-refractivity contribution >= 4 is 0 Å². The van der Waals surface area contributed by atoms with E-state index in [1.807, 2.05) is 13.0 Å². The quantitative estimate of drug-likeness (QED) is 0.744. The molecule has 102 valence electrons. The maximum Gasteiger partial charge on any atom is 0.243 e. The van der Waals surface area contributed by atoms with Gasteiger partial charge in [-0.3, -0.25) is 0 Å². The molecule has 0 aliphatic rings. The number of nitrogens with two attached hydrogens (primary N) is 2. The highest BCUT2D eigenvalue weighted by atomic mass is 16.5. The molecule has 0 aromatic carbocycles. The Balaban J connectivity index is 2.04. The van der Waals surface area contributed by atoms with Gasteiger partial charge < -0.3 is 16.0 Å². The van der Waals surface area contributed by atoms with Crippen LogP contribution in [0.5, 0.6) is 0 Å². The predicted molar refractivity (Wildman–Crippen MR) is 69.9 cm³/mol. The lowest BCUT2D eigenvalue weighted by Crippen LogP contribution is -2.11. The Morgan fingerprint density at radius 3 is 2.79 bits per heavy atom. The molecule has 19 heavy (non-hydrogen) atoms. The van der Waals surface area contributed by atoms with Crippen molar-refractivity contribution in [3.8, 4) is 11.5 Å². The summed E-state index contributed by atoms with van der Waals surface area (Å²) >= 11 is 0. The lowest BCUT2D eigenvalue weighted by Gasteiger charge is -2.04. The van der Waals surface area contributed by atoms with Crippen LogP contribution in [0.15, 0.2) is 16.7 Å². The van der Waals surface area contributed by atoms with E-state index in [-0.39, 0.29) is 6.04 Å². The van der Waals surface area contributed by atoms with Crippen molar-refractivity contribution in [3.63, 3.8) is 0 Å². The average molecular weight is 262 g/mol. The van der Waals surface area contributed by atoms with Gasteiger partial charge in [-0.1, -0.05) is 11.6 Å². The molecule has 0 spiro atoms. The lowest BCUT2D eigenvalue weighted by atomic mass is 10.1. The van der Waals surface area contributed by atoms with E-state index in [4.69, 9.17) is 16.0 Å². The minimum Gasteiger partial charge on any atom is -0.337 e. The maximum absolute atomic E-state index is 5.98. The molecule has 0 unspecified atom stereocenters. The molecule has 2 heterocycles. The first-order valence-corrected chi connectivity index (χ1v) is 6.30. The highest BCUT2D eigenvalue weighted by Crippen LogP contribution is 2.18. The van der Waals surface area contributed by atoms with E-state index < -0.39 is 0 Å². The first-order valence-electron chi connectivity index (χ1n) is 6.30. The number of hydrogen-bond acceptors (Lipinski definition) is 7. The fourth-order valence-corrected chi connectivity index (χ4v) is 1.64. The summed E-state index contributed by atoms with van der Waals surface area (Å²) in [4.78, 5) is 4.25. The molecule has 0 fully saturated rings. The van der Waals surface area contributed by atoms with E-state index in [9.17, 15) is 0 Å². The van der Waals surface area contributed by atoms with Crippen molar-refractivity contribution in [3.05, 3.63) is 23.7 Å². The summed E-state index contributed by atoms with van der Waals surface area (Å²) in [6.45, 7) is 2.53. The summed E-state index contributed by atoms with van der Waals surface area (Å²) in [6.07, 6.45) is 2.66. The highest BCUT2D eigenvalue weighted by Gasteiger charge is 2.16. The van der Waals surface area contributed by atoms with E-state index in [1.165, 1.54) is 0 Å². The Morgan fingerprint density at radius 2 is 2.11 bits per heavy atom. The smallest absolute Gasteiger partial charge is 0.243 e. The van der Waals surface area contributed by atoms with E-state index >= 15 is 0 Å². The first kappa shape index (κ1) is 13.6. The monoisotopic (exact) mass is 262 g/mol. The van der Waals surface area contributed by atoms with Gasteiger partial charge in [0.05, 0.1) is 11.7 Å². The van der Waals surface area contributed by atoms with Gasteiger partial charge in [0.25, 0.3) is 0 Å². The second kappa shape index (κ2) is 6.35. The molecular formula is C12H18N6O. The van der Waals surface area contributed by atoms with Crippen LogP contribution in [0.3, 0.4) is 0 Å². The van der Waals surface area contributed by atoms with Crippen molar-refractivity contribution in [1.82, 2.24) is 20.3 Å². The molecule has 1 atom stereocenters. The second-order valence-corrected chi connectivity index (χ2v) is 4.41. The van der Waals surface area contributed by atoms with Crippen molar-refractivity contribution in [2.45, 2.75) is 32.2 Å². The number of aryl methyl sites for hydroxylation is 1. The molecular weight excluding hydrogens is 244 g/mol. The standard InChI is InChI=1S/C12H18N6O/c1-8-5-6-10(17-16-8)11-15-12(19-18-11)9(14)4-2-3-7-13/h5-6,9H,2-4,7,13-14H2,1H3/t9-/m0/s1. The number of aromatic nitrogens is 4. The topological polar surface area (TPSA) is 117 Å². The molecule has 2 aromatic heterocycles. The fraction of sp³-hybridized carbons (Fsp3) is 0.500. The zero-order chi connectivity index (χ0) is 13.7. The minimum absolute atomic E-state index is 0.258. The number of unbranched alkanes of at least 4 members (excludes halogenated alkanes) is 1. The zero-order valence-electron chi connectivity index (χ0n) is 10.9. The lowest BCUT2D eigenvalue weighted by molar-refractivity contribution is 0.346. The molecule has 0 saturated heterocycles. The molecule has 0 aliphatic carbocycles. The van der Waals surface area contributed by atoms with Crippen LogP contribution in [-0.4, -0.2) is 26.9 Å². The Labute approximate surface area is 111 Å². The van der Waals surface area contributed by atoms with Crippen LogP contribution in [0.2, 0.25) is 0 Å². The van der Waals surface area contributed by atoms with Gasteiger partial charge in [0, 0.05) is 0 Å². The second-order valence-electron chi connectivity index (χ2n) is 4.41. The zero-order valence-corrected chi connectivity index (χ0v) is 10.9. The molecule has 2 aromatic rings. The van der Waals surface area contributed by atoms with E-state index in [0.29, 0.717) is 24.0 Å². The van der Waals surface area contributed by atoms with Gasteiger partial charge in [-0.25, -0.2) is 0 Å². The fourth-order valence-electron chi connectivity index (χ4n) is 1.64. The maximum atomic E-state index is 5.98. The van der Waals surface area contributed by atoms with Gasteiger partial charge in [0.1, 0.15) is 5.69 Å². The molecule has 0 amide bonds. The van der Waals surface area contributed by atoms with Crippen LogP contribution >= 0.6 is 0 Å². The van der Waals surface area contributed by atoms with Crippen LogP contribution < -0.4 is 11.5 Å². The van der Waals surface area contributed by atoms with Gasteiger partial charge in [-0.05, 0) is 38.4 Å². The summed E-state index contributed by atoms with van der Waals surface area (Å²) in [5.74, 6) is 0.839. The molecule has 2 rings (SSSR count). The van der Waals surface area contributed by atoms with Gasteiger partial charge in [-0.2, -0.15) is 10.1 Å². The van der Waals surface area contributed by atoms with Crippen molar-refractivity contribution in [2.24, 2.45) is 11.5 Å². The van der Waals surface area contributed by atoms with Crippen LogP contribution in [0.25, 0.3) is 11.5 Å². The van der Waals surface area contributed by atoms with E-state index in [1.54, 1.807) is 6.07 Å². The molecule has 0 bridgehead atoms. The van der Waals surface area contributed by atoms with E-state index in [0.717, 1.165) is 25.0 Å². The van der Waals surface area contributed by atoms with Crippen molar-refractivity contribution in [1.29, 1.82) is 0 Å². The number of rotatable bonds is 6. The first-order chi connectivity index (χ1) is 9.20. The van der Waals surface area contributed by atoms with Crippen LogP contribution in [0.1, 0.15) is 36.9 Å². The number of nitrogens with zero attached hydrogens (tertiary/aromatic N) is 4. The third-order valence-corrected chi connectivity index (χ3v) is 2.76. The van der Waals surface area contributed by atoms with Gasteiger partial charge in [-0.15, -0.1) is 5.10 Å². The Hall–Kier alpha value is -1.86. The summed E-state index contributed by atoms with van der Waals surface area (Å²) in [6, 6.07) is 3.39. The SMILES string of the molecule is Cc1ccc(-c2noc([C@@H](N)CCCCN)n2)nn1. The van der Waals surface area contributed by atoms with Crippen LogP contribution in [0, 0.1) is 6.92 Å². The third kappa shape index (κ3) is 3.55. The summed E-state index contributed by atoms with van der Waals surface area (Å²) < 4.78 is 5.16. The largest absolute Gasteiger partial charge is 0.337 e. The minimum atomic E-state index is -0.258. The predicted octanol–water partition coefficient (Wildman–Crippen LogP) is 0.964. The molecule has 0 saturated carbocycles. The molecule has 0 aliphatic heterocycles. The Morgan fingerprint density at radius 1 is 1.26 bits per heavy atom. The van der Waals surface area contributed by atoms with Crippen LogP contribution in [0.4, 0.5) is 0 Å². The Bertz CT molecular complexity index is 509. The third-order valence-electron chi connectivity index (χ3n) is 2.76. The molecule has 7 heteroatoms. The average Bonchev–Trinajstić information content (AvgIpc) is 2.89. The summed E-state index contributed by atoms with van der Waals surface area (Å²) in [5.41, 5.74) is 12.8. The van der Waals surface area contributed by atoms with Gasteiger partial charge >= 0.3 is 0 Å². The van der Waals surface area contributed by atoms with Crippen molar-refractivity contribution < 1.29 is 4.52 Å². The normalized spacial score (nSPS) is 12.6. The summed E-state index contributed by atoms with van der Waals surface area (Å²) in [5, 5.41) is 11.8. The number of hydrogen-bond donors (Lipinski definition) is 2. The molecule has 4 N–H and O–H groups in total. The highest BCUT2D eigenvalue weighted by molar-refractivity contribution is 5.46. The van der Waals surface area contributed by atoms with Gasteiger partial charge in [0.2, 0.25) is 11.7 Å². The van der Waals surface area contributed by atoms with E-state index in [2.05, 4.69) is 20.3 Å². The summed E-state index contributed by atoms with van der Waals surface area (Å²) in [7, 11) is 0.